The van der Waals surface area contributed by atoms with Gasteiger partial charge in [0.05, 0.1) is 10.0 Å². The van der Waals surface area contributed by atoms with Crippen molar-refractivity contribution in [3.05, 3.63) is 57.5 Å². The summed E-state index contributed by atoms with van der Waals surface area (Å²) in [5.74, 6) is -0.793. The van der Waals surface area contributed by atoms with Crippen LogP contribution < -0.4 is 5.32 Å². The van der Waals surface area contributed by atoms with Crippen LogP contribution in [0.15, 0.2) is 41.0 Å². The van der Waals surface area contributed by atoms with Crippen molar-refractivity contribution >= 4 is 39.1 Å². The number of hydrogen-bond acceptors (Lipinski definition) is 2. The molecule has 0 fully saturated rings. The molecule has 1 N–H and O–H groups in total. The van der Waals surface area contributed by atoms with Gasteiger partial charge in [0.15, 0.2) is 0 Å². The second kappa shape index (κ2) is 5.46. The molecule has 0 aliphatic rings. The number of nitrogens with zero attached hydrogens (tertiary/aromatic N) is 1. The molecule has 0 aliphatic heterocycles. The highest BCUT2D eigenvalue weighted by Gasteiger charge is 2.11. The molecule has 0 aliphatic carbocycles. The maximum atomic E-state index is 13.0. The summed E-state index contributed by atoms with van der Waals surface area (Å²) in [4.78, 5) is 15.7. The van der Waals surface area contributed by atoms with Crippen molar-refractivity contribution in [3.8, 4) is 0 Å². The highest BCUT2D eigenvalue weighted by molar-refractivity contribution is 9.10. The van der Waals surface area contributed by atoms with Crippen molar-refractivity contribution in [1.82, 2.24) is 4.98 Å². The Morgan fingerprint density at radius 2 is 2.17 bits per heavy atom. The maximum Gasteiger partial charge on any atom is 0.258 e. The van der Waals surface area contributed by atoms with E-state index in [-0.39, 0.29) is 15.2 Å². The van der Waals surface area contributed by atoms with Crippen molar-refractivity contribution in [3.63, 3.8) is 0 Å². The molecule has 1 aromatic heterocycles. The number of rotatable bonds is 2. The fraction of sp³-hybridized carbons (Fsp3) is 0. The lowest BCUT2D eigenvalue weighted by molar-refractivity contribution is 0.102. The van der Waals surface area contributed by atoms with Crippen molar-refractivity contribution in [2.24, 2.45) is 0 Å². The third-order valence-corrected chi connectivity index (χ3v) is 3.09. The Bertz CT molecular complexity index is 606. The van der Waals surface area contributed by atoms with E-state index in [0.29, 0.717) is 5.69 Å². The number of hydrogen-bond donors (Lipinski definition) is 1. The Kier molecular flexibility index (Phi) is 3.93. The number of benzene rings is 1. The van der Waals surface area contributed by atoms with Gasteiger partial charge in [-0.2, -0.15) is 0 Å². The van der Waals surface area contributed by atoms with Crippen molar-refractivity contribution in [1.29, 1.82) is 0 Å². The van der Waals surface area contributed by atoms with E-state index < -0.39 is 11.7 Å². The summed E-state index contributed by atoms with van der Waals surface area (Å²) < 4.78 is 13.3. The fourth-order valence-corrected chi connectivity index (χ4v) is 1.91. The minimum atomic E-state index is -0.397. The molecule has 1 aromatic carbocycles. The van der Waals surface area contributed by atoms with Crippen molar-refractivity contribution in [2.45, 2.75) is 0 Å². The smallest absolute Gasteiger partial charge is 0.258 e. The molecule has 92 valence electrons. The lowest BCUT2D eigenvalue weighted by atomic mass is 10.2. The highest BCUT2D eigenvalue weighted by Crippen LogP contribution is 2.21. The molecule has 2 rings (SSSR count). The second-order valence-corrected chi connectivity index (χ2v) is 4.64. The third kappa shape index (κ3) is 2.86. The quantitative estimate of drug-likeness (QED) is 0.849. The first-order valence-electron chi connectivity index (χ1n) is 4.95. The summed E-state index contributed by atoms with van der Waals surface area (Å²) in [5, 5.41) is 2.73. The molecule has 1 amide bonds. The predicted octanol–water partition coefficient (Wildman–Crippen LogP) is 3.89. The molecule has 3 nitrogen and oxygen atoms in total. The van der Waals surface area contributed by atoms with Gasteiger partial charge in [0.2, 0.25) is 0 Å². The molecule has 6 heteroatoms. The first-order valence-corrected chi connectivity index (χ1v) is 6.12. The average Bonchev–Trinajstić information content (AvgIpc) is 2.34. The Balaban J connectivity index is 2.22. The lowest BCUT2D eigenvalue weighted by Gasteiger charge is -2.06. The predicted molar refractivity (Wildman–Crippen MR) is 71.3 cm³/mol. The van der Waals surface area contributed by atoms with Gasteiger partial charge in [-0.15, -0.1) is 0 Å². The van der Waals surface area contributed by atoms with Gasteiger partial charge >= 0.3 is 0 Å². The number of amides is 1. The van der Waals surface area contributed by atoms with Crippen LogP contribution in [0.25, 0.3) is 0 Å². The molecule has 1 heterocycles. The van der Waals surface area contributed by atoms with E-state index in [4.69, 9.17) is 11.6 Å². The first kappa shape index (κ1) is 13.0. The summed E-state index contributed by atoms with van der Waals surface area (Å²) >= 11 is 8.84. The van der Waals surface area contributed by atoms with Crippen LogP contribution in [0.4, 0.5) is 10.1 Å². The van der Waals surface area contributed by atoms with Crippen molar-refractivity contribution in [2.75, 3.05) is 5.32 Å². The van der Waals surface area contributed by atoms with E-state index in [1.165, 1.54) is 24.4 Å². The Hall–Kier alpha value is -1.46. The van der Waals surface area contributed by atoms with E-state index in [0.717, 1.165) is 0 Å². The van der Waals surface area contributed by atoms with Gasteiger partial charge in [0.1, 0.15) is 11.0 Å². The zero-order valence-corrected chi connectivity index (χ0v) is 11.3. The minimum absolute atomic E-state index is 0.121. The summed E-state index contributed by atoms with van der Waals surface area (Å²) in [6, 6.07) is 7.36. The van der Waals surface area contributed by atoms with E-state index in [2.05, 4.69) is 26.2 Å². The molecule has 18 heavy (non-hydrogen) atoms. The zero-order valence-electron chi connectivity index (χ0n) is 8.95. The van der Waals surface area contributed by atoms with Gasteiger partial charge in [-0.25, -0.2) is 9.37 Å². The molecule has 0 saturated carbocycles. The van der Waals surface area contributed by atoms with Crippen LogP contribution in [0.1, 0.15) is 10.4 Å². The summed E-state index contributed by atoms with van der Waals surface area (Å²) in [5.41, 5.74) is 0.729. The Morgan fingerprint density at radius 1 is 1.39 bits per heavy atom. The molecule has 0 bridgehead atoms. The molecule has 0 saturated heterocycles. The summed E-state index contributed by atoms with van der Waals surface area (Å²) in [7, 11) is 0. The van der Waals surface area contributed by atoms with Gasteiger partial charge < -0.3 is 5.32 Å². The Labute approximate surface area is 116 Å². The summed E-state index contributed by atoms with van der Waals surface area (Å²) in [6.45, 7) is 0. The van der Waals surface area contributed by atoms with Crippen LogP contribution in [0, 0.1) is 5.82 Å². The molecular formula is C12H7BrClFN2O. The SMILES string of the molecule is O=C(Nc1ccc(F)c(Br)c1)c1cccnc1Cl. The molecule has 2 aromatic rings. The number of carbonyl (C=O) groups is 1. The van der Waals surface area contributed by atoms with Crippen LogP contribution in [0.5, 0.6) is 0 Å². The topological polar surface area (TPSA) is 42.0 Å². The normalized spacial score (nSPS) is 10.2. The molecule has 0 atom stereocenters. The minimum Gasteiger partial charge on any atom is -0.322 e. The van der Waals surface area contributed by atoms with Crippen LogP contribution >= 0.6 is 27.5 Å². The number of aromatic nitrogens is 1. The van der Waals surface area contributed by atoms with Gasteiger partial charge in [-0.3, -0.25) is 4.79 Å². The highest BCUT2D eigenvalue weighted by atomic mass is 79.9. The van der Waals surface area contributed by atoms with E-state index in [9.17, 15) is 9.18 Å². The number of halogens is 3. The number of nitrogens with one attached hydrogen (secondary N) is 1. The van der Waals surface area contributed by atoms with Gasteiger partial charge in [-0.05, 0) is 46.3 Å². The second-order valence-electron chi connectivity index (χ2n) is 3.42. The fourth-order valence-electron chi connectivity index (χ4n) is 1.33. The largest absolute Gasteiger partial charge is 0.322 e. The lowest BCUT2D eigenvalue weighted by Crippen LogP contribution is -2.12. The molecule has 0 radical (unpaired) electrons. The van der Waals surface area contributed by atoms with Gasteiger partial charge in [0.25, 0.3) is 5.91 Å². The zero-order chi connectivity index (χ0) is 13.1. The van der Waals surface area contributed by atoms with E-state index in [1.54, 1.807) is 12.1 Å². The average molecular weight is 330 g/mol. The van der Waals surface area contributed by atoms with Gasteiger partial charge in [-0.1, -0.05) is 11.6 Å². The Morgan fingerprint density at radius 3 is 2.83 bits per heavy atom. The van der Waals surface area contributed by atoms with Crippen LogP contribution in [-0.2, 0) is 0 Å². The van der Waals surface area contributed by atoms with E-state index in [1.807, 2.05) is 0 Å². The van der Waals surface area contributed by atoms with Crippen LogP contribution in [0.2, 0.25) is 5.15 Å². The van der Waals surface area contributed by atoms with Crippen LogP contribution in [-0.4, -0.2) is 10.9 Å². The number of pyridine rings is 1. The van der Waals surface area contributed by atoms with Gasteiger partial charge in [0, 0.05) is 11.9 Å². The number of anilines is 1. The van der Waals surface area contributed by atoms with Crippen LogP contribution in [0.3, 0.4) is 0 Å². The molecule has 0 unspecified atom stereocenters. The first-order chi connectivity index (χ1) is 8.58. The standard InChI is InChI=1S/C12H7BrClFN2O/c13-9-6-7(3-4-10(9)15)17-12(18)8-2-1-5-16-11(8)14/h1-6H,(H,17,18). The molecular weight excluding hydrogens is 322 g/mol. The van der Waals surface area contributed by atoms with Crippen molar-refractivity contribution < 1.29 is 9.18 Å². The van der Waals surface area contributed by atoms with E-state index >= 15 is 0 Å². The number of carbonyl (C=O) groups excluding carboxylic acids is 1. The third-order valence-electron chi connectivity index (χ3n) is 2.18. The maximum absolute atomic E-state index is 13.0. The monoisotopic (exact) mass is 328 g/mol. The summed E-state index contributed by atoms with van der Waals surface area (Å²) in [6.07, 6.45) is 1.49. The molecule has 0 spiro atoms.